The number of ether oxygens (including phenoxy) is 3. The molecule has 1 aromatic rings. The van der Waals surface area contributed by atoms with E-state index in [0.717, 1.165) is 50.4 Å². The number of piperidine rings is 1. The van der Waals surface area contributed by atoms with Crippen molar-refractivity contribution in [1.29, 1.82) is 0 Å². The maximum absolute atomic E-state index is 12.4. The molecule has 7 heteroatoms. The Bertz CT molecular complexity index is 655. The Morgan fingerprint density at radius 2 is 1.68 bits per heavy atom. The summed E-state index contributed by atoms with van der Waals surface area (Å²) >= 11 is 0. The molecule has 1 aromatic carbocycles. The lowest BCUT2D eigenvalue weighted by Crippen LogP contribution is -2.47. The van der Waals surface area contributed by atoms with Gasteiger partial charge in [-0.15, -0.1) is 0 Å². The van der Waals surface area contributed by atoms with Gasteiger partial charge in [-0.1, -0.05) is 0 Å². The average Bonchev–Trinajstić information content (AvgIpc) is 3.12. The van der Waals surface area contributed by atoms with Gasteiger partial charge in [-0.05, 0) is 38.1 Å². The van der Waals surface area contributed by atoms with Crippen molar-refractivity contribution in [3.63, 3.8) is 0 Å². The van der Waals surface area contributed by atoms with Crippen molar-refractivity contribution < 1.29 is 19.0 Å². The number of hydrogen-bond acceptors (Lipinski definition) is 6. The molecule has 3 aliphatic rings. The summed E-state index contributed by atoms with van der Waals surface area (Å²) in [4.78, 5) is 16.9. The molecule has 4 rings (SSSR count). The van der Waals surface area contributed by atoms with Gasteiger partial charge in [-0.25, -0.2) is 0 Å². The molecule has 1 amide bonds. The van der Waals surface area contributed by atoms with Crippen molar-refractivity contribution in [1.82, 2.24) is 4.90 Å². The zero-order valence-electron chi connectivity index (χ0n) is 16.9. The van der Waals surface area contributed by atoms with E-state index in [2.05, 4.69) is 41.1 Å². The molecule has 0 aromatic heterocycles. The van der Waals surface area contributed by atoms with Crippen LogP contribution in [-0.2, 0) is 19.0 Å². The molecular formula is C21H31N3O4. The minimum atomic E-state index is -0.392. The molecule has 154 valence electrons. The van der Waals surface area contributed by atoms with E-state index < -0.39 is 5.79 Å². The standard InChI is InChI=1S/C21H31N3O4/c1-16-13-24(14-17(2)28-16)19-5-3-18(4-6-19)22-20(25)15-23-9-7-21(8-10-23)26-11-12-27-21/h3-6,16-17H,7-15H2,1-2H3,(H,22,25). The summed E-state index contributed by atoms with van der Waals surface area (Å²) in [6.07, 6.45) is 2.11. The Balaban J connectivity index is 1.25. The van der Waals surface area contributed by atoms with Crippen LogP contribution in [0.3, 0.4) is 0 Å². The van der Waals surface area contributed by atoms with Gasteiger partial charge in [0.05, 0.1) is 32.0 Å². The Morgan fingerprint density at radius 3 is 2.29 bits per heavy atom. The quantitative estimate of drug-likeness (QED) is 0.851. The van der Waals surface area contributed by atoms with Crippen molar-refractivity contribution >= 4 is 17.3 Å². The monoisotopic (exact) mass is 389 g/mol. The molecule has 3 heterocycles. The molecule has 0 aliphatic carbocycles. The van der Waals surface area contributed by atoms with E-state index in [4.69, 9.17) is 14.2 Å². The van der Waals surface area contributed by atoms with Crippen LogP contribution in [0.5, 0.6) is 0 Å². The highest BCUT2D eigenvalue weighted by Gasteiger charge is 2.39. The van der Waals surface area contributed by atoms with Crippen LogP contribution in [0.25, 0.3) is 0 Å². The molecular weight excluding hydrogens is 358 g/mol. The predicted molar refractivity (Wildman–Crippen MR) is 108 cm³/mol. The van der Waals surface area contributed by atoms with E-state index in [0.29, 0.717) is 19.8 Å². The van der Waals surface area contributed by atoms with Gasteiger partial charge < -0.3 is 24.4 Å². The molecule has 1 N–H and O–H groups in total. The van der Waals surface area contributed by atoms with E-state index in [-0.39, 0.29) is 18.1 Å². The van der Waals surface area contributed by atoms with Crippen molar-refractivity contribution in [2.75, 3.05) is 56.2 Å². The van der Waals surface area contributed by atoms with Gasteiger partial charge in [-0.3, -0.25) is 9.69 Å². The SMILES string of the molecule is CC1CN(c2ccc(NC(=O)CN3CCC4(CC3)OCCO4)cc2)CC(C)O1. The number of anilines is 2. The highest BCUT2D eigenvalue weighted by atomic mass is 16.7. The number of hydrogen-bond donors (Lipinski definition) is 1. The van der Waals surface area contributed by atoms with E-state index >= 15 is 0 Å². The van der Waals surface area contributed by atoms with E-state index in [1.54, 1.807) is 0 Å². The Hall–Kier alpha value is -1.67. The number of nitrogens with zero attached hydrogens (tertiary/aromatic N) is 2. The zero-order chi connectivity index (χ0) is 19.6. The second kappa shape index (κ2) is 8.37. The number of likely N-dealkylation sites (tertiary alicyclic amines) is 1. The number of carbonyl (C=O) groups excluding carboxylic acids is 1. The molecule has 0 radical (unpaired) electrons. The second-order valence-corrected chi connectivity index (χ2v) is 8.14. The molecule has 0 saturated carbocycles. The Labute approximate surface area is 166 Å². The van der Waals surface area contributed by atoms with Crippen LogP contribution >= 0.6 is 0 Å². The fourth-order valence-corrected chi connectivity index (χ4v) is 4.39. The summed E-state index contributed by atoms with van der Waals surface area (Å²) in [6.45, 7) is 9.38. The van der Waals surface area contributed by atoms with Crippen LogP contribution in [0.2, 0.25) is 0 Å². The lowest BCUT2D eigenvalue weighted by atomic mass is 10.0. The van der Waals surface area contributed by atoms with Crippen LogP contribution in [0, 0.1) is 0 Å². The number of morpholine rings is 1. The Morgan fingerprint density at radius 1 is 1.07 bits per heavy atom. The van der Waals surface area contributed by atoms with Crippen LogP contribution in [-0.4, -0.2) is 74.7 Å². The predicted octanol–water partition coefficient (Wildman–Crippen LogP) is 2.08. The summed E-state index contributed by atoms with van der Waals surface area (Å²) in [7, 11) is 0. The van der Waals surface area contributed by atoms with E-state index in [1.807, 2.05) is 12.1 Å². The minimum absolute atomic E-state index is 0.0191. The van der Waals surface area contributed by atoms with Crippen LogP contribution in [0.1, 0.15) is 26.7 Å². The van der Waals surface area contributed by atoms with Crippen LogP contribution in [0.4, 0.5) is 11.4 Å². The van der Waals surface area contributed by atoms with Crippen molar-refractivity contribution in [3.05, 3.63) is 24.3 Å². The number of carbonyl (C=O) groups is 1. The summed E-state index contributed by atoms with van der Waals surface area (Å²) < 4.78 is 17.3. The highest BCUT2D eigenvalue weighted by Crippen LogP contribution is 2.31. The molecule has 0 bridgehead atoms. The first-order valence-corrected chi connectivity index (χ1v) is 10.3. The molecule has 28 heavy (non-hydrogen) atoms. The number of amides is 1. The zero-order valence-corrected chi connectivity index (χ0v) is 16.9. The summed E-state index contributed by atoms with van der Waals surface area (Å²) in [5, 5.41) is 3.01. The van der Waals surface area contributed by atoms with Crippen molar-refractivity contribution in [2.45, 2.75) is 44.7 Å². The lowest BCUT2D eigenvalue weighted by molar-refractivity contribution is -0.185. The summed E-state index contributed by atoms with van der Waals surface area (Å²) in [6, 6.07) is 8.09. The fourth-order valence-electron chi connectivity index (χ4n) is 4.39. The molecule has 2 atom stereocenters. The van der Waals surface area contributed by atoms with Gasteiger partial charge in [0.1, 0.15) is 0 Å². The molecule has 7 nitrogen and oxygen atoms in total. The van der Waals surface area contributed by atoms with Gasteiger partial charge in [0, 0.05) is 50.4 Å². The lowest BCUT2D eigenvalue weighted by Gasteiger charge is -2.37. The summed E-state index contributed by atoms with van der Waals surface area (Å²) in [5.41, 5.74) is 2.00. The largest absolute Gasteiger partial charge is 0.372 e. The number of rotatable bonds is 4. The van der Waals surface area contributed by atoms with E-state index in [9.17, 15) is 4.79 Å². The van der Waals surface area contributed by atoms with E-state index in [1.165, 1.54) is 0 Å². The van der Waals surface area contributed by atoms with Gasteiger partial charge in [0.15, 0.2) is 5.79 Å². The van der Waals surface area contributed by atoms with Crippen LogP contribution in [0.15, 0.2) is 24.3 Å². The molecule has 3 aliphatic heterocycles. The topological polar surface area (TPSA) is 63.3 Å². The first-order chi connectivity index (χ1) is 13.5. The normalized spacial score (nSPS) is 27.9. The third kappa shape index (κ3) is 4.66. The molecule has 1 spiro atoms. The summed E-state index contributed by atoms with van der Waals surface area (Å²) in [5.74, 6) is -0.373. The minimum Gasteiger partial charge on any atom is -0.372 e. The Kier molecular flexibility index (Phi) is 5.87. The number of benzene rings is 1. The van der Waals surface area contributed by atoms with Gasteiger partial charge in [-0.2, -0.15) is 0 Å². The third-order valence-electron chi connectivity index (χ3n) is 5.73. The average molecular weight is 389 g/mol. The maximum atomic E-state index is 12.4. The van der Waals surface area contributed by atoms with Gasteiger partial charge in [0.2, 0.25) is 5.91 Å². The first-order valence-electron chi connectivity index (χ1n) is 10.3. The van der Waals surface area contributed by atoms with Crippen LogP contribution < -0.4 is 10.2 Å². The highest BCUT2D eigenvalue weighted by molar-refractivity contribution is 5.92. The maximum Gasteiger partial charge on any atom is 0.238 e. The smallest absolute Gasteiger partial charge is 0.238 e. The van der Waals surface area contributed by atoms with Crippen molar-refractivity contribution in [3.8, 4) is 0 Å². The van der Waals surface area contributed by atoms with Gasteiger partial charge in [0.25, 0.3) is 0 Å². The van der Waals surface area contributed by atoms with Crippen molar-refractivity contribution in [2.24, 2.45) is 0 Å². The molecule has 3 saturated heterocycles. The number of nitrogens with one attached hydrogen (secondary N) is 1. The molecule has 2 unspecified atom stereocenters. The first kappa shape index (κ1) is 19.6. The second-order valence-electron chi connectivity index (χ2n) is 8.14. The third-order valence-corrected chi connectivity index (χ3v) is 5.73. The van der Waals surface area contributed by atoms with Gasteiger partial charge >= 0.3 is 0 Å². The fraction of sp³-hybridized carbons (Fsp3) is 0.667. The molecule has 3 fully saturated rings.